The maximum absolute atomic E-state index is 10.7. The second kappa shape index (κ2) is 11.9. The van der Waals surface area contributed by atoms with Gasteiger partial charge in [-0.25, -0.2) is 4.79 Å². The van der Waals surface area contributed by atoms with Gasteiger partial charge in [-0.15, -0.1) is 0 Å². The van der Waals surface area contributed by atoms with E-state index < -0.39 is 0 Å². The molecule has 0 saturated carbocycles. The fourth-order valence-electron chi connectivity index (χ4n) is 2.63. The fraction of sp³-hybridized carbons (Fsp3) is 0.526. The number of benzene rings is 1. The van der Waals surface area contributed by atoms with Crippen molar-refractivity contribution in [2.45, 2.75) is 34.1 Å². The maximum Gasteiger partial charge on any atom is 0.336 e. The van der Waals surface area contributed by atoms with E-state index in [2.05, 4.69) is 33.4 Å². The van der Waals surface area contributed by atoms with Crippen molar-refractivity contribution >= 4 is 11.0 Å². The van der Waals surface area contributed by atoms with Crippen molar-refractivity contribution in [2.75, 3.05) is 33.2 Å². The molecule has 0 aliphatic heterocycles. The molecule has 130 valence electrons. The Morgan fingerprint density at radius 2 is 1.48 bits per heavy atom. The van der Waals surface area contributed by atoms with Crippen LogP contribution in [-0.2, 0) is 0 Å². The lowest BCUT2D eigenvalue weighted by Crippen LogP contribution is -2.47. The van der Waals surface area contributed by atoms with Crippen molar-refractivity contribution in [3.8, 4) is 0 Å². The van der Waals surface area contributed by atoms with Gasteiger partial charge >= 0.3 is 5.63 Å². The molecule has 0 radical (unpaired) electrons. The van der Waals surface area contributed by atoms with Gasteiger partial charge in [0.25, 0.3) is 0 Å². The summed E-state index contributed by atoms with van der Waals surface area (Å²) in [6.07, 6.45) is 1.32. The van der Waals surface area contributed by atoms with Crippen molar-refractivity contribution in [3.05, 3.63) is 46.8 Å². The third-order valence-electron chi connectivity index (χ3n) is 4.24. The molecule has 1 aromatic carbocycles. The lowest BCUT2D eigenvalue weighted by atomic mass is 10.2. The van der Waals surface area contributed by atoms with Crippen LogP contribution in [0.5, 0.6) is 0 Å². The molecule has 1 heterocycles. The molecule has 2 N–H and O–H groups in total. The monoisotopic (exact) mass is 321 g/mol. The van der Waals surface area contributed by atoms with Gasteiger partial charge in [0.15, 0.2) is 0 Å². The first kappa shape index (κ1) is 21.4. The van der Waals surface area contributed by atoms with Crippen LogP contribution in [0.3, 0.4) is 0 Å². The van der Waals surface area contributed by atoms with E-state index in [9.17, 15) is 4.79 Å². The van der Waals surface area contributed by atoms with Crippen LogP contribution in [0.1, 0.15) is 34.1 Å². The summed E-state index contributed by atoms with van der Waals surface area (Å²) < 4.78 is 6.21. The Balaban J connectivity index is 0.000000383. The summed E-state index contributed by atoms with van der Waals surface area (Å²) in [6.45, 7) is 14.4. The molecule has 2 rings (SSSR count). The van der Waals surface area contributed by atoms with Crippen molar-refractivity contribution in [3.63, 3.8) is 0 Å². The lowest BCUT2D eigenvalue weighted by Gasteiger charge is -2.35. The van der Waals surface area contributed by atoms with Crippen LogP contribution in [0.25, 0.3) is 11.0 Å². The Hall–Kier alpha value is -1.65. The molecule has 2 aromatic rings. The van der Waals surface area contributed by atoms with Gasteiger partial charge in [0.2, 0.25) is 0 Å². The SMILES string of the molecule is CCC[N+](CC)(CC)CC.CN.O=c1ccc2ccccc2o1. The highest BCUT2D eigenvalue weighted by molar-refractivity contribution is 5.75. The van der Waals surface area contributed by atoms with E-state index in [-0.39, 0.29) is 5.63 Å². The van der Waals surface area contributed by atoms with Crippen LogP contribution >= 0.6 is 0 Å². The Kier molecular flexibility index (Phi) is 11.0. The van der Waals surface area contributed by atoms with E-state index in [1.165, 1.54) is 50.2 Å². The Labute approximate surface area is 140 Å². The molecule has 4 heteroatoms. The number of para-hydroxylation sites is 1. The molecule has 4 nitrogen and oxygen atoms in total. The average Bonchev–Trinajstić information content (AvgIpc) is 2.62. The molecule has 0 spiro atoms. The van der Waals surface area contributed by atoms with E-state index in [4.69, 9.17) is 4.42 Å². The van der Waals surface area contributed by atoms with Gasteiger partial charge in [0.05, 0.1) is 26.2 Å². The third-order valence-corrected chi connectivity index (χ3v) is 4.24. The van der Waals surface area contributed by atoms with Gasteiger partial charge in [0, 0.05) is 11.5 Å². The average molecular weight is 321 g/mol. The van der Waals surface area contributed by atoms with E-state index in [0.717, 1.165) is 5.39 Å². The minimum Gasteiger partial charge on any atom is -0.423 e. The minimum atomic E-state index is -0.302. The normalized spacial score (nSPS) is 10.3. The largest absolute Gasteiger partial charge is 0.423 e. The van der Waals surface area contributed by atoms with Crippen molar-refractivity contribution in [2.24, 2.45) is 5.73 Å². The zero-order valence-corrected chi connectivity index (χ0v) is 15.3. The van der Waals surface area contributed by atoms with Gasteiger partial charge in [-0.3, -0.25) is 0 Å². The summed E-state index contributed by atoms with van der Waals surface area (Å²) in [5.41, 5.74) is 4.84. The Morgan fingerprint density at radius 3 is 1.96 bits per heavy atom. The topological polar surface area (TPSA) is 56.2 Å². The first-order valence-corrected chi connectivity index (χ1v) is 8.52. The number of hydrogen-bond acceptors (Lipinski definition) is 3. The number of rotatable bonds is 5. The third kappa shape index (κ3) is 6.97. The standard InChI is InChI=1S/C9H22N.C9H6O2.CH5N/c1-5-9-10(6-2,7-3)8-4;10-9-6-5-7-3-1-2-4-8(7)11-9;1-2/h5-9H2,1-4H3;1-6H;2H2,1H3/q+1;;. The zero-order chi connectivity index (χ0) is 17.7. The van der Waals surface area contributed by atoms with E-state index in [1.807, 2.05) is 18.2 Å². The van der Waals surface area contributed by atoms with Crippen LogP contribution in [0, 0.1) is 0 Å². The van der Waals surface area contributed by atoms with Crippen LogP contribution in [0.15, 0.2) is 45.6 Å². The number of quaternary nitrogens is 1. The molecule has 0 unspecified atom stereocenters. The molecule has 0 saturated heterocycles. The summed E-state index contributed by atoms with van der Waals surface area (Å²) >= 11 is 0. The summed E-state index contributed by atoms with van der Waals surface area (Å²) in [5.74, 6) is 0. The van der Waals surface area contributed by atoms with Crippen molar-refractivity contribution in [1.29, 1.82) is 0 Å². The second-order valence-electron chi connectivity index (χ2n) is 5.31. The molecule has 0 fully saturated rings. The van der Waals surface area contributed by atoms with Crippen molar-refractivity contribution in [1.82, 2.24) is 0 Å². The van der Waals surface area contributed by atoms with E-state index in [0.29, 0.717) is 5.58 Å². The predicted molar refractivity (Wildman–Crippen MR) is 99.6 cm³/mol. The summed E-state index contributed by atoms with van der Waals surface area (Å²) in [4.78, 5) is 10.7. The van der Waals surface area contributed by atoms with Gasteiger partial charge in [0.1, 0.15) is 5.58 Å². The molecular formula is C19H33N2O2+. The quantitative estimate of drug-likeness (QED) is 0.675. The minimum absolute atomic E-state index is 0.302. The van der Waals surface area contributed by atoms with Gasteiger partial charge in [-0.1, -0.05) is 25.1 Å². The van der Waals surface area contributed by atoms with Gasteiger partial charge < -0.3 is 14.6 Å². The zero-order valence-electron chi connectivity index (χ0n) is 15.3. The van der Waals surface area contributed by atoms with Crippen LogP contribution in [0.4, 0.5) is 0 Å². The molecule has 0 amide bonds. The Bertz CT molecular complexity index is 581. The fourth-order valence-corrected chi connectivity index (χ4v) is 2.63. The van der Waals surface area contributed by atoms with Gasteiger partial charge in [-0.2, -0.15) is 0 Å². The lowest BCUT2D eigenvalue weighted by molar-refractivity contribution is -0.923. The molecular weight excluding hydrogens is 288 g/mol. The summed E-state index contributed by atoms with van der Waals surface area (Å²) in [5, 5.41) is 0.951. The van der Waals surface area contributed by atoms with Crippen LogP contribution in [-0.4, -0.2) is 37.7 Å². The highest BCUT2D eigenvalue weighted by Crippen LogP contribution is 2.09. The number of fused-ring (bicyclic) bond motifs is 1. The highest BCUT2D eigenvalue weighted by Gasteiger charge is 2.18. The Morgan fingerprint density at radius 1 is 0.913 bits per heavy atom. The predicted octanol–water partition coefficient (Wildman–Crippen LogP) is 3.64. The molecule has 0 aliphatic rings. The molecule has 0 bridgehead atoms. The first-order chi connectivity index (χ1) is 11.1. The highest BCUT2D eigenvalue weighted by atomic mass is 16.4. The summed E-state index contributed by atoms with van der Waals surface area (Å²) in [7, 11) is 1.50. The van der Waals surface area contributed by atoms with Crippen molar-refractivity contribution < 1.29 is 8.90 Å². The second-order valence-corrected chi connectivity index (χ2v) is 5.31. The summed E-state index contributed by atoms with van der Waals surface area (Å²) in [6, 6.07) is 10.6. The van der Waals surface area contributed by atoms with E-state index >= 15 is 0 Å². The number of nitrogens with two attached hydrogens (primary N) is 1. The maximum atomic E-state index is 10.7. The van der Waals surface area contributed by atoms with Crippen LogP contribution < -0.4 is 11.4 Å². The molecule has 1 aromatic heterocycles. The smallest absolute Gasteiger partial charge is 0.336 e. The number of nitrogens with zero attached hydrogens (tertiary/aromatic N) is 1. The van der Waals surface area contributed by atoms with Gasteiger partial charge in [-0.05, 0) is 46.4 Å². The molecule has 0 aliphatic carbocycles. The van der Waals surface area contributed by atoms with Crippen LogP contribution in [0.2, 0.25) is 0 Å². The molecule has 23 heavy (non-hydrogen) atoms. The first-order valence-electron chi connectivity index (χ1n) is 8.52. The number of hydrogen-bond donors (Lipinski definition) is 1. The van der Waals surface area contributed by atoms with E-state index in [1.54, 1.807) is 12.1 Å². The molecule has 0 atom stereocenters.